The molecule has 0 aliphatic rings. The number of benzene rings is 1. The summed E-state index contributed by atoms with van der Waals surface area (Å²) in [6, 6.07) is 6.46. The molecule has 1 aromatic rings. The molecule has 1 atom stereocenters. The van der Waals surface area contributed by atoms with Gasteiger partial charge in [0.25, 0.3) is 0 Å². The van der Waals surface area contributed by atoms with Crippen LogP contribution >= 0.6 is 15.9 Å². The molecule has 0 saturated carbocycles. The molecule has 1 unspecified atom stereocenters. The highest BCUT2D eigenvalue weighted by atomic mass is 79.9. The number of aliphatic hydroxyl groups is 1. The highest BCUT2D eigenvalue weighted by Crippen LogP contribution is 2.18. The first-order valence-electron chi connectivity index (χ1n) is 4.20. The molecular weight excluding hydrogens is 249 g/mol. The molecule has 4 heteroatoms. The fourth-order valence-corrected chi connectivity index (χ4v) is 1.23. The van der Waals surface area contributed by atoms with Gasteiger partial charge >= 0.3 is 0 Å². The predicted molar refractivity (Wildman–Crippen MR) is 57.0 cm³/mol. The molecule has 4 N–H and O–H groups in total. The van der Waals surface area contributed by atoms with E-state index in [-0.39, 0.29) is 12.4 Å². The highest BCUT2D eigenvalue weighted by molar-refractivity contribution is 9.10. The average molecular weight is 261 g/mol. The maximum Gasteiger partial charge on any atom is 0.132 e. The Morgan fingerprint density at radius 3 is 2.57 bits per heavy atom. The monoisotopic (exact) mass is 260 g/mol. The lowest BCUT2D eigenvalue weighted by molar-refractivity contribution is -0.408. The molecule has 1 rings (SSSR count). The van der Waals surface area contributed by atoms with Crippen molar-refractivity contribution in [2.75, 3.05) is 6.61 Å². The molecule has 2 nitrogen and oxygen atoms in total. The summed E-state index contributed by atoms with van der Waals surface area (Å²) in [5.74, 6) is -0.355. The highest BCUT2D eigenvalue weighted by Gasteiger charge is 2.05. The number of quaternary nitrogens is 1. The van der Waals surface area contributed by atoms with Crippen molar-refractivity contribution < 1.29 is 15.2 Å². The first-order valence-corrected chi connectivity index (χ1v) is 5.00. The lowest BCUT2D eigenvalue weighted by Crippen LogP contribution is -2.61. The standard InChI is InChI=1S/C10H11BrFNO/c11-8-3-1-7(2-4-8)10(12)5-9(13)6-14/h1-5,9,14H,6,13H2/p+1/b10-5-. The van der Waals surface area contributed by atoms with Crippen LogP contribution in [0, 0.1) is 0 Å². The third-order valence-electron chi connectivity index (χ3n) is 1.74. The van der Waals surface area contributed by atoms with Gasteiger partial charge in [-0.15, -0.1) is 0 Å². The Bertz CT molecular complexity index is 323. The third kappa shape index (κ3) is 3.21. The molecule has 0 heterocycles. The molecule has 0 spiro atoms. The van der Waals surface area contributed by atoms with Gasteiger partial charge in [-0.2, -0.15) is 0 Å². The largest absolute Gasteiger partial charge is 0.390 e. The van der Waals surface area contributed by atoms with Crippen LogP contribution < -0.4 is 5.73 Å². The minimum atomic E-state index is -0.404. The fraction of sp³-hybridized carbons (Fsp3) is 0.200. The van der Waals surface area contributed by atoms with E-state index in [1.165, 1.54) is 6.08 Å². The van der Waals surface area contributed by atoms with E-state index in [1.807, 2.05) is 0 Å². The molecule has 0 amide bonds. The second kappa shape index (κ2) is 5.24. The number of hydrogen-bond acceptors (Lipinski definition) is 1. The summed E-state index contributed by atoms with van der Waals surface area (Å²) in [7, 11) is 0. The Hall–Kier alpha value is -0.710. The van der Waals surface area contributed by atoms with Crippen molar-refractivity contribution >= 4 is 21.8 Å². The fourth-order valence-electron chi connectivity index (χ4n) is 0.965. The lowest BCUT2D eigenvalue weighted by atomic mass is 10.1. The van der Waals surface area contributed by atoms with E-state index < -0.39 is 6.04 Å². The van der Waals surface area contributed by atoms with Gasteiger partial charge in [0.2, 0.25) is 0 Å². The second-order valence-electron chi connectivity index (χ2n) is 2.96. The SMILES string of the molecule is [NH3+]C(/C=C(\F)c1ccc(Br)cc1)CO. The minimum absolute atomic E-state index is 0.149. The molecule has 0 aromatic heterocycles. The summed E-state index contributed by atoms with van der Waals surface area (Å²) in [5.41, 5.74) is 4.06. The van der Waals surface area contributed by atoms with Gasteiger partial charge in [0.05, 0.1) is 6.61 Å². The summed E-state index contributed by atoms with van der Waals surface area (Å²) >= 11 is 3.26. The summed E-state index contributed by atoms with van der Waals surface area (Å²) in [6.07, 6.45) is 1.31. The van der Waals surface area contributed by atoms with E-state index >= 15 is 0 Å². The zero-order chi connectivity index (χ0) is 10.6. The van der Waals surface area contributed by atoms with E-state index in [1.54, 1.807) is 24.3 Å². The Balaban J connectivity index is 2.83. The van der Waals surface area contributed by atoms with Crippen molar-refractivity contribution in [1.29, 1.82) is 0 Å². The van der Waals surface area contributed by atoms with Crippen LogP contribution in [0.1, 0.15) is 5.56 Å². The van der Waals surface area contributed by atoms with Crippen LogP contribution in [0.3, 0.4) is 0 Å². The van der Waals surface area contributed by atoms with Crippen LogP contribution in [-0.2, 0) is 0 Å². The zero-order valence-corrected chi connectivity index (χ0v) is 9.17. The van der Waals surface area contributed by atoms with Gasteiger partial charge in [-0.05, 0) is 12.1 Å². The zero-order valence-electron chi connectivity index (χ0n) is 7.58. The second-order valence-corrected chi connectivity index (χ2v) is 3.88. The summed E-state index contributed by atoms with van der Waals surface area (Å²) in [6.45, 7) is -0.149. The van der Waals surface area contributed by atoms with Gasteiger partial charge in [0, 0.05) is 16.1 Å². The molecule has 0 bridgehead atoms. The van der Waals surface area contributed by atoms with Crippen LogP contribution in [-0.4, -0.2) is 17.8 Å². The normalized spacial score (nSPS) is 14.1. The summed E-state index contributed by atoms with van der Waals surface area (Å²) in [5, 5.41) is 8.69. The number of halogens is 2. The van der Waals surface area contributed by atoms with Gasteiger partial charge in [0.15, 0.2) is 0 Å². The Morgan fingerprint density at radius 1 is 1.50 bits per heavy atom. The first-order chi connectivity index (χ1) is 6.63. The predicted octanol–water partition coefficient (Wildman–Crippen LogP) is 1.36. The average Bonchev–Trinajstić information content (AvgIpc) is 2.18. The van der Waals surface area contributed by atoms with E-state index in [0.717, 1.165) is 4.47 Å². The van der Waals surface area contributed by atoms with E-state index in [2.05, 4.69) is 21.7 Å². The van der Waals surface area contributed by atoms with E-state index in [9.17, 15) is 4.39 Å². The molecule has 1 aromatic carbocycles. The smallest absolute Gasteiger partial charge is 0.132 e. The van der Waals surface area contributed by atoms with Crippen molar-refractivity contribution in [3.05, 3.63) is 40.4 Å². The van der Waals surface area contributed by atoms with Crippen LogP contribution in [0.2, 0.25) is 0 Å². The van der Waals surface area contributed by atoms with Gasteiger partial charge in [-0.25, -0.2) is 4.39 Å². The van der Waals surface area contributed by atoms with Crippen LogP contribution in [0.5, 0.6) is 0 Å². The first kappa shape index (κ1) is 11.4. The quantitative estimate of drug-likeness (QED) is 0.848. The maximum atomic E-state index is 13.4. The number of aliphatic hydroxyl groups excluding tert-OH is 1. The number of hydrogen-bond donors (Lipinski definition) is 2. The molecule has 76 valence electrons. The van der Waals surface area contributed by atoms with E-state index in [4.69, 9.17) is 5.11 Å². The lowest BCUT2D eigenvalue weighted by Gasteiger charge is -2.00. The Kier molecular flexibility index (Phi) is 4.25. The van der Waals surface area contributed by atoms with Gasteiger partial charge < -0.3 is 10.8 Å². The van der Waals surface area contributed by atoms with Gasteiger partial charge in [-0.1, -0.05) is 28.1 Å². The molecule has 0 fully saturated rings. The number of rotatable bonds is 3. The molecular formula is C10H12BrFNO+. The summed E-state index contributed by atoms with van der Waals surface area (Å²) < 4.78 is 14.3. The van der Waals surface area contributed by atoms with Crippen molar-refractivity contribution in [2.24, 2.45) is 0 Å². The molecule has 0 saturated heterocycles. The topological polar surface area (TPSA) is 47.9 Å². The Morgan fingerprint density at radius 2 is 2.07 bits per heavy atom. The van der Waals surface area contributed by atoms with Crippen molar-refractivity contribution in [3.8, 4) is 0 Å². The van der Waals surface area contributed by atoms with Crippen LogP contribution in [0.4, 0.5) is 4.39 Å². The Labute approximate surface area is 90.4 Å². The summed E-state index contributed by atoms with van der Waals surface area (Å²) in [4.78, 5) is 0. The molecule has 14 heavy (non-hydrogen) atoms. The molecule has 0 aliphatic carbocycles. The van der Waals surface area contributed by atoms with Crippen LogP contribution in [0.25, 0.3) is 5.83 Å². The minimum Gasteiger partial charge on any atom is -0.390 e. The van der Waals surface area contributed by atoms with Crippen molar-refractivity contribution in [1.82, 2.24) is 0 Å². The van der Waals surface area contributed by atoms with E-state index in [0.29, 0.717) is 5.56 Å². The van der Waals surface area contributed by atoms with Gasteiger partial charge in [-0.3, -0.25) is 0 Å². The van der Waals surface area contributed by atoms with Crippen molar-refractivity contribution in [3.63, 3.8) is 0 Å². The van der Waals surface area contributed by atoms with Crippen molar-refractivity contribution in [2.45, 2.75) is 6.04 Å². The molecule has 0 aliphatic heterocycles. The van der Waals surface area contributed by atoms with Crippen LogP contribution in [0.15, 0.2) is 34.8 Å². The van der Waals surface area contributed by atoms with Gasteiger partial charge in [0.1, 0.15) is 11.9 Å². The molecule has 0 radical (unpaired) electrons. The maximum absolute atomic E-state index is 13.4. The third-order valence-corrected chi connectivity index (χ3v) is 2.27.